The highest BCUT2D eigenvalue weighted by atomic mass is 79.9. The van der Waals surface area contributed by atoms with Crippen molar-refractivity contribution in [3.8, 4) is 0 Å². The molecule has 0 spiro atoms. The first-order valence-electron chi connectivity index (χ1n) is 7.96. The van der Waals surface area contributed by atoms with Gasteiger partial charge in [0.25, 0.3) is 0 Å². The van der Waals surface area contributed by atoms with Crippen LogP contribution in [0.4, 0.5) is 5.69 Å². The van der Waals surface area contributed by atoms with E-state index in [1.165, 1.54) is 48.0 Å². The summed E-state index contributed by atoms with van der Waals surface area (Å²) < 4.78 is 1.23. The second kappa shape index (κ2) is 7.46. The third-order valence-corrected chi connectivity index (χ3v) is 5.08. The molecule has 3 heteroatoms. The van der Waals surface area contributed by atoms with Crippen LogP contribution < -0.4 is 10.2 Å². The van der Waals surface area contributed by atoms with Crippen molar-refractivity contribution in [2.24, 2.45) is 0 Å². The van der Waals surface area contributed by atoms with E-state index < -0.39 is 0 Å². The molecule has 1 saturated heterocycles. The molecule has 1 aliphatic heterocycles. The smallest absolute Gasteiger partial charge is 0.0380 e. The Morgan fingerprint density at radius 3 is 2.80 bits per heavy atom. The first kappa shape index (κ1) is 15.8. The first-order valence-corrected chi connectivity index (χ1v) is 8.76. The summed E-state index contributed by atoms with van der Waals surface area (Å²) in [6.07, 6.45) is 5.28. The number of halogens is 1. The van der Waals surface area contributed by atoms with Crippen LogP contribution in [0, 0.1) is 0 Å². The lowest BCUT2D eigenvalue weighted by Crippen LogP contribution is -2.39. The minimum atomic E-state index is 0.395. The van der Waals surface area contributed by atoms with E-state index in [9.17, 15) is 0 Å². The summed E-state index contributed by atoms with van der Waals surface area (Å²) in [5, 5.41) is 3.48. The second-order valence-electron chi connectivity index (χ2n) is 5.74. The predicted octanol–water partition coefficient (Wildman–Crippen LogP) is 4.89. The lowest BCUT2D eigenvalue weighted by molar-refractivity contribution is 0.450. The molecule has 20 heavy (non-hydrogen) atoms. The molecule has 0 radical (unpaired) electrons. The van der Waals surface area contributed by atoms with E-state index in [1.807, 2.05) is 0 Å². The van der Waals surface area contributed by atoms with Gasteiger partial charge in [-0.3, -0.25) is 0 Å². The molecule has 1 fully saturated rings. The van der Waals surface area contributed by atoms with E-state index in [4.69, 9.17) is 0 Å². The molecule has 0 saturated carbocycles. The SMILES string of the molecule is CCNC(C)c1ccc(N2CCCCC2CC)cc1Br. The maximum Gasteiger partial charge on any atom is 0.0380 e. The van der Waals surface area contributed by atoms with Crippen LogP contribution in [0.25, 0.3) is 0 Å². The average Bonchev–Trinajstić information content (AvgIpc) is 2.47. The van der Waals surface area contributed by atoms with Crippen LogP contribution in [-0.2, 0) is 0 Å². The highest BCUT2D eigenvalue weighted by Crippen LogP contribution is 2.32. The molecular weight excluding hydrogens is 312 g/mol. The van der Waals surface area contributed by atoms with Gasteiger partial charge >= 0.3 is 0 Å². The molecule has 1 heterocycles. The fraction of sp³-hybridized carbons (Fsp3) is 0.647. The zero-order chi connectivity index (χ0) is 14.5. The highest BCUT2D eigenvalue weighted by Gasteiger charge is 2.21. The maximum atomic E-state index is 3.76. The van der Waals surface area contributed by atoms with E-state index in [0.29, 0.717) is 12.1 Å². The van der Waals surface area contributed by atoms with Crippen LogP contribution in [0.3, 0.4) is 0 Å². The lowest BCUT2D eigenvalue weighted by atomic mass is 9.98. The van der Waals surface area contributed by atoms with Gasteiger partial charge in [0.15, 0.2) is 0 Å². The molecule has 2 atom stereocenters. The fourth-order valence-corrected chi connectivity index (χ4v) is 3.94. The van der Waals surface area contributed by atoms with Crippen molar-refractivity contribution in [2.75, 3.05) is 18.0 Å². The van der Waals surface area contributed by atoms with Crippen LogP contribution in [0.15, 0.2) is 22.7 Å². The number of nitrogens with zero attached hydrogens (tertiary/aromatic N) is 1. The van der Waals surface area contributed by atoms with Crippen molar-refractivity contribution in [1.29, 1.82) is 0 Å². The predicted molar refractivity (Wildman–Crippen MR) is 91.5 cm³/mol. The summed E-state index contributed by atoms with van der Waals surface area (Å²) in [6, 6.07) is 7.98. The van der Waals surface area contributed by atoms with E-state index in [1.54, 1.807) is 0 Å². The molecule has 1 aromatic carbocycles. The fourth-order valence-electron chi connectivity index (χ4n) is 3.23. The molecule has 0 amide bonds. The van der Waals surface area contributed by atoms with Crippen LogP contribution in [0.1, 0.15) is 58.1 Å². The van der Waals surface area contributed by atoms with Gasteiger partial charge in [-0.05, 0) is 56.8 Å². The van der Waals surface area contributed by atoms with E-state index >= 15 is 0 Å². The van der Waals surface area contributed by atoms with Crippen molar-refractivity contribution in [3.05, 3.63) is 28.2 Å². The quantitative estimate of drug-likeness (QED) is 0.822. The second-order valence-corrected chi connectivity index (χ2v) is 6.59. The van der Waals surface area contributed by atoms with Crippen molar-refractivity contribution >= 4 is 21.6 Å². The zero-order valence-corrected chi connectivity index (χ0v) is 14.5. The third-order valence-electron chi connectivity index (χ3n) is 4.39. The monoisotopic (exact) mass is 338 g/mol. The van der Waals surface area contributed by atoms with Crippen molar-refractivity contribution in [3.63, 3.8) is 0 Å². The summed E-state index contributed by atoms with van der Waals surface area (Å²) in [6.45, 7) is 8.88. The normalized spacial score (nSPS) is 21.0. The molecule has 0 aromatic heterocycles. The van der Waals surface area contributed by atoms with Gasteiger partial charge in [0.1, 0.15) is 0 Å². The summed E-state index contributed by atoms with van der Waals surface area (Å²) in [7, 11) is 0. The molecule has 1 N–H and O–H groups in total. The molecule has 2 unspecified atom stereocenters. The van der Waals surface area contributed by atoms with E-state index in [2.05, 4.69) is 65.1 Å². The Kier molecular flexibility index (Phi) is 5.91. The van der Waals surface area contributed by atoms with Crippen molar-refractivity contribution < 1.29 is 0 Å². The number of anilines is 1. The topological polar surface area (TPSA) is 15.3 Å². The van der Waals surface area contributed by atoms with Gasteiger partial charge in [-0.15, -0.1) is 0 Å². The van der Waals surface area contributed by atoms with Crippen molar-refractivity contribution in [2.45, 2.75) is 58.5 Å². The van der Waals surface area contributed by atoms with Crippen LogP contribution in [0.5, 0.6) is 0 Å². The molecule has 2 rings (SSSR count). The molecule has 0 aliphatic carbocycles. The minimum Gasteiger partial charge on any atom is -0.369 e. The molecule has 1 aliphatic rings. The Bertz CT molecular complexity index is 433. The lowest BCUT2D eigenvalue weighted by Gasteiger charge is -2.37. The summed E-state index contributed by atoms with van der Waals surface area (Å²) >= 11 is 3.76. The summed E-state index contributed by atoms with van der Waals surface area (Å²) in [4.78, 5) is 2.59. The Balaban J connectivity index is 2.19. The Labute approximate surface area is 132 Å². The van der Waals surface area contributed by atoms with E-state index in [0.717, 1.165) is 6.54 Å². The van der Waals surface area contributed by atoms with Gasteiger partial charge in [0.05, 0.1) is 0 Å². The largest absolute Gasteiger partial charge is 0.369 e. The van der Waals surface area contributed by atoms with E-state index in [-0.39, 0.29) is 0 Å². The Hall–Kier alpha value is -0.540. The zero-order valence-electron chi connectivity index (χ0n) is 13.0. The van der Waals surface area contributed by atoms with Gasteiger partial charge in [0.2, 0.25) is 0 Å². The van der Waals surface area contributed by atoms with Gasteiger partial charge < -0.3 is 10.2 Å². The number of benzene rings is 1. The Morgan fingerprint density at radius 2 is 2.15 bits per heavy atom. The van der Waals surface area contributed by atoms with Crippen molar-refractivity contribution in [1.82, 2.24) is 5.32 Å². The molecular formula is C17H27BrN2. The molecule has 2 nitrogen and oxygen atoms in total. The van der Waals surface area contributed by atoms with Crippen LogP contribution >= 0.6 is 15.9 Å². The average molecular weight is 339 g/mol. The molecule has 1 aromatic rings. The number of rotatable bonds is 5. The number of hydrogen-bond donors (Lipinski definition) is 1. The van der Waals surface area contributed by atoms with Gasteiger partial charge in [-0.2, -0.15) is 0 Å². The highest BCUT2D eigenvalue weighted by molar-refractivity contribution is 9.10. The first-order chi connectivity index (χ1) is 9.67. The number of hydrogen-bond acceptors (Lipinski definition) is 2. The summed E-state index contributed by atoms with van der Waals surface area (Å²) in [5.74, 6) is 0. The number of piperidine rings is 1. The van der Waals surface area contributed by atoms with Gasteiger partial charge in [-0.25, -0.2) is 0 Å². The number of nitrogens with one attached hydrogen (secondary N) is 1. The minimum absolute atomic E-state index is 0.395. The Morgan fingerprint density at radius 1 is 1.35 bits per heavy atom. The maximum absolute atomic E-state index is 3.76. The van der Waals surface area contributed by atoms with Gasteiger partial charge in [0, 0.05) is 28.8 Å². The third kappa shape index (κ3) is 3.56. The van der Waals surface area contributed by atoms with Crippen LogP contribution in [0.2, 0.25) is 0 Å². The molecule has 112 valence electrons. The standard InChI is InChI=1S/C17H27BrN2/c1-4-14-8-6-7-11-20(14)15-9-10-16(17(18)12-15)13(3)19-5-2/h9-10,12-14,19H,4-8,11H2,1-3H3. The van der Waals surface area contributed by atoms with Crippen LogP contribution in [-0.4, -0.2) is 19.1 Å². The molecule has 0 bridgehead atoms. The summed E-state index contributed by atoms with van der Waals surface area (Å²) in [5.41, 5.74) is 2.72. The van der Waals surface area contributed by atoms with Gasteiger partial charge in [-0.1, -0.05) is 35.8 Å².